The minimum atomic E-state index is -3.05. The van der Waals surface area contributed by atoms with Crippen LogP contribution in [0.5, 0.6) is 0 Å². The molecule has 0 radical (unpaired) electrons. The molecule has 1 atom stereocenters. The van der Waals surface area contributed by atoms with E-state index in [2.05, 4.69) is 4.90 Å². The number of hydrogen-bond acceptors (Lipinski definition) is 5. The van der Waals surface area contributed by atoms with E-state index in [1.54, 1.807) is 0 Å². The lowest BCUT2D eigenvalue weighted by atomic mass is 10.2. The number of rotatable bonds is 4. The molecule has 1 unspecified atom stereocenters. The monoisotopic (exact) mass is 320 g/mol. The molecule has 7 heteroatoms. The molecule has 0 amide bonds. The highest BCUT2D eigenvalue weighted by molar-refractivity contribution is 7.99. The summed E-state index contributed by atoms with van der Waals surface area (Å²) in [4.78, 5) is 2.36. The molecule has 3 fully saturated rings. The van der Waals surface area contributed by atoms with Crippen LogP contribution in [0.15, 0.2) is 0 Å². The topological polar surface area (TPSA) is 49.9 Å². The van der Waals surface area contributed by atoms with Crippen molar-refractivity contribution in [3.05, 3.63) is 0 Å². The van der Waals surface area contributed by atoms with Crippen LogP contribution in [-0.4, -0.2) is 79.8 Å². The van der Waals surface area contributed by atoms with Gasteiger partial charge in [0.1, 0.15) is 0 Å². The fourth-order valence-corrected chi connectivity index (χ4v) is 6.13. The number of morpholine rings is 1. The van der Waals surface area contributed by atoms with Crippen molar-refractivity contribution in [1.82, 2.24) is 9.21 Å². The second kappa shape index (κ2) is 6.52. The van der Waals surface area contributed by atoms with E-state index in [-0.39, 0.29) is 11.3 Å². The summed E-state index contributed by atoms with van der Waals surface area (Å²) in [5.41, 5.74) is 0. The van der Waals surface area contributed by atoms with E-state index < -0.39 is 10.0 Å². The van der Waals surface area contributed by atoms with Gasteiger partial charge in [0, 0.05) is 38.0 Å². The van der Waals surface area contributed by atoms with E-state index in [1.165, 1.54) is 0 Å². The maximum atomic E-state index is 12.6. The van der Waals surface area contributed by atoms with Crippen molar-refractivity contribution in [3.8, 4) is 0 Å². The molecule has 3 aliphatic rings. The van der Waals surface area contributed by atoms with Crippen molar-refractivity contribution < 1.29 is 13.2 Å². The number of hydrogen-bond donors (Lipinski definition) is 0. The van der Waals surface area contributed by atoms with Crippen LogP contribution >= 0.6 is 11.8 Å². The van der Waals surface area contributed by atoms with Crippen LogP contribution in [0.1, 0.15) is 19.3 Å². The molecule has 20 heavy (non-hydrogen) atoms. The summed E-state index contributed by atoms with van der Waals surface area (Å²) in [5.74, 6) is 2.01. The van der Waals surface area contributed by atoms with Gasteiger partial charge >= 0.3 is 0 Å². The average molecular weight is 320 g/mol. The molecule has 0 aromatic rings. The van der Waals surface area contributed by atoms with Crippen LogP contribution in [0.2, 0.25) is 0 Å². The van der Waals surface area contributed by atoms with Gasteiger partial charge < -0.3 is 4.74 Å². The smallest absolute Gasteiger partial charge is 0.217 e. The lowest BCUT2D eigenvalue weighted by Gasteiger charge is -2.35. The van der Waals surface area contributed by atoms with Crippen molar-refractivity contribution in [2.75, 3.05) is 50.9 Å². The molecule has 1 saturated carbocycles. The molecule has 2 heterocycles. The first-order valence-corrected chi connectivity index (χ1v) is 10.2. The maximum Gasteiger partial charge on any atom is 0.217 e. The van der Waals surface area contributed by atoms with Crippen LogP contribution < -0.4 is 0 Å². The molecule has 0 bridgehead atoms. The van der Waals surface area contributed by atoms with Gasteiger partial charge in [0.05, 0.1) is 18.5 Å². The molecule has 5 nitrogen and oxygen atoms in total. The van der Waals surface area contributed by atoms with Gasteiger partial charge in [-0.1, -0.05) is 0 Å². The number of nitrogens with zero attached hydrogens (tertiary/aromatic N) is 2. The van der Waals surface area contributed by atoms with E-state index in [9.17, 15) is 8.42 Å². The Labute approximate surface area is 126 Å². The summed E-state index contributed by atoms with van der Waals surface area (Å²) in [7, 11) is -3.05. The zero-order valence-electron chi connectivity index (χ0n) is 11.9. The van der Waals surface area contributed by atoms with E-state index in [1.807, 2.05) is 16.1 Å². The van der Waals surface area contributed by atoms with Gasteiger partial charge in [0.2, 0.25) is 10.0 Å². The third kappa shape index (κ3) is 3.50. The first kappa shape index (κ1) is 15.1. The number of ether oxygens (including phenoxy) is 1. The predicted octanol–water partition coefficient (Wildman–Crippen LogP) is 0.618. The lowest BCUT2D eigenvalue weighted by Crippen LogP contribution is -2.51. The average Bonchev–Trinajstić information content (AvgIpc) is 3.27. The SMILES string of the molecule is O=S(=O)(C1CC1)N1CCCSCC1CN1CCOCC1. The fourth-order valence-electron chi connectivity index (χ4n) is 2.93. The summed E-state index contributed by atoms with van der Waals surface area (Å²) in [6.45, 7) is 4.98. The Hall–Kier alpha value is 0.180. The summed E-state index contributed by atoms with van der Waals surface area (Å²) < 4.78 is 32.5. The molecule has 2 saturated heterocycles. The molecule has 0 aromatic heterocycles. The van der Waals surface area contributed by atoms with Crippen LogP contribution in [0.25, 0.3) is 0 Å². The third-order valence-corrected chi connectivity index (χ3v) is 7.88. The Morgan fingerprint density at radius 3 is 2.60 bits per heavy atom. The van der Waals surface area contributed by atoms with E-state index in [0.717, 1.165) is 63.6 Å². The molecule has 1 aliphatic carbocycles. The second-order valence-corrected chi connectivity index (χ2v) is 9.17. The highest BCUT2D eigenvalue weighted by Crippen LogP contribution is 2.33. The van der Waals surface area contributed by atoms with Gasteiger partial charge in [0.15, 0.2) is 0 Å². The molecule has 2 aliphatic heterocycles. The highest BCUT2D eigenvalue weighted by Gasteiger charge is 2.43. The Kier molecular flexibility index (Phi) is 4.92. The lowest BCUT2D eigenvalue weighted by molar-refractivity contribution is 0.0309. The van der Waals surface area contributed by atoms with Crippen LogP contribution in [0.3, 0.4) is 0 Å². The molecule has 0 aromatic carbocycles. The largest absolute Gasteiger partial charge is 0.379 e. The van der Waals surface area contributed by atoms with Crippen LogP contribution in [0, 0.1) is 0 Å². The molecule has 3 rings (SSSR count). The van der Waals surface area contributed by atoms with E-state index in [4.69, 9.17) is 4.74 Å². The van der Waals surface area contributed by atoms with Crippen molar-refractivity contribution in [3.63, 3.8) is 0 Å². The number of sulfonamides is 1. The normalized spacial score (nSPS) is 31.1. The molecular formula is C13H24N2O3S2. The Balaban J connectivity index is 1.70. The van der Waals surface area contributed by atoms with Crippen LogP contribution in [-0.2, 0) is 14.8 Å². The van der Waals surface area contributed by atoms with Crippen molar-refractivity contribution in [1.29, 1.82) is 0 Å². The first-order chi connectivity index (χ1) is 9.68. The van der Waals surface area contributed by atoms with Gasteiger partial charge in [0.25, 0.3) is 0 Å². The van der Waals surface area contributed by atoms with Crippen molar-refractivity contribution in [2.45, 2.75) is 30.6 Å². The quantitative estimate of drug-likeness (QED) is 0.760. The van der Waals surface area contributed by atoms with Gasteiger partial charge in [-0.2, -0.15) is 16.1 Å². The minimum absolute atomic E-state index is 0.0854. The Bertz CT molecular complexity index is 419. The van der Waals surface area contributed by atoms with Crippen LogP contribution in [0.4, 0.5) is 0 Å². The number of thioether (sulfide) groups is 1. The zero-order chi connectivity index (χ0) is 14.0. The minimum Gasteiger partial charge on any atom is -0.379 e. The first-order valence-electron chi connectivity index (χ1n) is 7.56. The van der Waals surface area contributed by atoms with E-state index in [0.29, 0.717) is 6.54 Å². The predicted molar refractivity (Wildman–Crippen MR) is 81.6 cm³/mol. The summed E-state index contributed by atoms with van der Waals surface area (Å²) in [6, 6.07) is 0.145. The van der Waals surface area contributed by atoms with Gasteiger partial charge in [-0.05, 0) is 25.0 Å². The Morgan fingerprint density at radius 1 is 1.15 bits per heavy atom. The van der Waals surface area contributed by atoms with Crippen molar-refractivity contribution in [2.24, 2.45) is 0 Å². The van der Waals surface area contributed by atoms with Gasteiger partial charge in [-0.3, -0.25) is 4.90 Å². The summed E-state index contributed by atoms with van der Waals surface area (Å²) >= 11 is 1.90. The molecular weight excluding hydrogens is 296 g/mol. The highest BCUT2D eigenvalue weighted by atomic mass is 32.2. The maximum absolute atomic E-state index is 12.6. The standard InChI is InChI=1S/C13H24N2O3S2/c16-20(17,13-2-3-13)15-4-1-9-19-11-12(15)10-14-5-7-18-8-6-14/h12-13H,1-11H2. The third-order valence-electron chi connectivity index (χ3n) is 4.23. The molecule has 0 spiro atoms. The molecule has 0 N–H and O–H groups in total. The summed E-state index contributed by atoms with van der Waals surface area (Å²) in [6.07, 6.45) is 2.70. The van der Waals surface area contributed by atoms with E-state index >= 15 is 0 Å². The van der Waals surface area contributed by atoms with Gasteiger partial charge in [-0.25, -0.2) is 8.42 Å². The zero-order valence-corrected chi connectivity index (χ0v) is 13.5. The molecule has 116 valence electrons. The van der Waals surface area contributed by atoms with Crippen molar-refractivity contribution >= 4 is 21.8 Å². The second-order valence-electron chi connectivity index (χ2n) is 5.85. The fraction of sp³-hybridized carbons (Fsp3) is 1.00. The Morgan fingerprint density at radius 2 is 1.90 bits per heavy atom. The van der Waals surface area contributed by atoms with Gasteiger partial charge in [-0.15, -0.1) is 0 Å². The summed E-state index contributed by atoms with van der Waals surface area (Å²) in [5, 5.41) is -0.0854.